The van der Waals surface area contributed by atoms with Gasteiger partial charge in [-0.3, -0.25) is 0 Å². The lowest BCUT2D eigenvalue weighted by atomic mass is 10.0. The molecule has 1 aromatic carbocycles. The van der Waals surface area contributed by atoms with E-state index in [2.05, 4.69) is 17.2 Å². The summed E-state index contributed by atoms with van der Waals surface area (Å²) in [6.45, 7) is 3.07. The number of imidazole rings is 1. The third-order valence-electron chi connectivity index (χ3n) is 3.51. The molecule has 0 aliphatic heterocycles. The molecule has 1 aromatic heterocycles. The highest BCUT2D eigenvalue weighted by Gasteiger charge is 2.14. The second-order valence-electron chi connectivity index (χ2n) is 5.25. The molecule has 3 nitrogen and oxygen atoms in total. The number of nitrogens with zero attached hydrogens (tertiary/aromatic N) is 2. The van der Waals surface area contributed by atoms with Gasteiger partial charge in [-0.05, 0) is 37.1 Å². The van der Waals surface area contributed by atoms with Gasteiger partial charge < -0.3 is 9.88 Å². The predicted octanol–water partition coefficient (Wildman–Crippen LogP) is 3.37. The highest BCUT2D eigenvalue weighted by molar-refractivity contribution is 6.31. The van der Waals surface area contributed by atoms with E-state index >= 15 is 0 Å². The van der Waals surface area contributed by atoms with Gasteiger partial charge in [0.05, 0.1) is 0 Å². The SMILES string of the molecule is CCCNC(Cc1ccc(F)cc1Cl)Cc1nccn1C. The summed E-state index contributed by atoms with van der Waals surface area (Å²) in [4.78, 5) is 4.37. The lowest BCUT2D eigenvalue weighted by Crippen LogP contribution is -2.34. The van der Waals surface area contributed by atoms with Gasteiger partial charge in [-0.25, -0.2) is 9.37 Å². The van der Waals surface area contributed by atoms with Gasteiger partial charge in [-0.1, -0.05) is 24.6 Å². The second kappa shape index (κ2) is 7.57. The maximum Gasteiger partial charge on any atom is 0.124 e. The molecule has 0 amide bonds. The van der Waals surface area contributed by atoms with Crippen molar-refractivity contribution in [2.45, 2.75) is 32.2 Å². The summed E-state index contributed by atoms with van der Waals surface area (Å²) in [6.07, 6.45) is 6.38. The third kappa shape index (κ3) is 4.55. The summed E-state index contributed by atoms with van der Waals surface area (Å²) in [5.41, 5.74) is 0.959. The van der Waals surface area contributed by atoms with Crippen LogP contribution in [0, 0.1) is 5.82 Å². The number of aromatic nitrogens is 2. The van der Waals surface area contributed by atoms with Crippen LogP contribution in [0.4, 0.5) is 4.39 Å². The van der Waals surface area contributed by atoms with E-state index in [4.69, 9.17) is 11.6 Å². The lowest BCUT2D eigenvalue weighted by molar-refractivity contribution is 0.489. The summed E-state index contributed by atoms with van der Waals surface area (Å²) in [7, 11) is 1.99. The molecule has 0 bridgehead atoms. The number of benzene rings is 1. The smallest absolute Gasteiger partial charge is 0.124 e. The quantitative estimate of drug-likeness (QED) is 0.850. The van der Waals surface area contributed by atoms with Gasteiger partial charge in [0.15, 0.2) is 0 Å². The molecule has 0 aliphatic carbocycles. The summed E-state index contributed by atoms with van der Waals surface area (Å²) < 4.78 is 15.2. The van der Waals surface area contributed by atoms with Gasteiger partial charge in [0.1, 0.15) is 11.6 Å². The molecule has 0 radical (unpaired) electrons. The zero-order valence-corrected chi connectivity index (χ0v) is 13.2. The van der Waals surface area contributed by atoms with Crippen LogP contribution in [0.1, 0.15) is 24.7 Å². The van der Waals surface area contributed by atoms with Crippen molar-refractivity contribution in [2.24, 2.45) is 7.05 Å². The summed E-state index contributed by atoms with van der Waals surface area (Å²) in [5.74, 6) is 0.729. The topological polar surface area (TPSA) is 29.9 Å². The Hall–Kier alpha value is -1.39. The van der Waals surface area contributed by atoms with Crippen molar-refractivity contribution in [3.63, 3.8) is 0 Å². The summed E-state index contributed by atoms with van der Waals surface area (Å²) in [6, 6.07) is 4.82. The molecule has 0 fully saturated rings. The van der Waals surface area contributed by atoms with E-state index in [9.17, 15) is 4.39 Å². The van der Waals surface area contributed by atoms with Crippen LogP contribution in [0.5, 0.6) is 0 Å². The molecule has 1 N–H and O–H groups in total. The number of aryl methyl sites for hydroxylation is 1. The summed E-state index contributed by atoms with van der Waals surface area (Å²) in [5, 5.41) is 4.00. The molecule has 114 valence electrons. The van der Waals surface area contributed by atoms with E-state index in [0.29, 0.717) is 5.02 Å². The highest BCUT2D eigenvalue weighted by Crippen LogP contribution is 2.19. The van der Waals surface area contributed by atoms with Gasteiger partial charge in [0.2, 0.25) is 0 Å². The van der Waals surface area contributed by atoms with Crippen molar-refractivity contribution in [1.82, 2.24) is 14.9 Å². The van der Waals surface area contributed by atoms with Gasteiger partial charge in [0.25, 0.3) is 0 Å². The number of hydrogen-bond acceptors (Lipinski definition) is 2. The standard InChI is InChI=1S/C16H21ClFN3/c1-3-6-19-14(11-16-20-7-8-21(16)2)9-12-4-5-13(18)10-15(12)17/h4-5,7-8,10,14,19H,3,6,9,11H2,1-2H3. The maximum atomic E-state index is 13.1. The van der Waals surface area contributed by atoms with Gasteiger partial charge in [-0.2, -0.15) is 0 Å². The van der Waals surface area contributed by atoms with E-state index < -0.39 is 0 Å². The minimum absolute atomic E-state index is 0.231. The zero-order chi connectivity index (χ0) is 15.2. The van der Waals surface area contributed by atoms with Gasteiger partial charge in [-0.15, -0.1) is 0 Å². The normalized spacial score (nSPS) is 12.6. The van der Waals surface area contributed by atoms with Crippen molar-refractivity contribution in [1.29, 1.82) is 0 Å². The second-order valence-corrected chi connectivity index (χ2v) is 5.66. The first-order valence-corrected chi connectivity index (χ1v) is 7.61. The van der Waals surface area contributed by atoms with Crippen LogP contribution in [-0.2, 0) is 19.9 Å². The van der Waals surface area contributed by atoms with Gasteiger partial charge in [0, 0.05) is 36.9 Å². The molecule has 21 heavy (non-hydrogen) atoms. The molecule has 0 spiro atoms. The van der Waals surface area contributed by atoms with Crippen molar-refractivity contribution in [3.8, 4) is 0 Å². The van der Waals surface area contributed by atoms with E-state index in [1.165, 1.54) is 12.1 Å². The van der Waals surface area contributed by atoms with Crippen molar-refractivity contribution in [3.05, 3.63) is 52.8 Å². The monoisotopic (exact) mass is 309 g/mol. The molecular weight excluding hydrogens is 289 g/mol. The molecule has 1 atom stereocenters. The van der Waals surface area contributed by atoms with Crippen LogP contribution in [-0.4, -0.2) is 22.1 Å². The first kappa shape index (κ1) is 16.0. The fourth-order valence-electron chi connectivity index (χ4n) is 2.33. The van der Waals surface area contributed by atoms with Gasteiger partial charge >= 0.3 is 0 Å². The fraction of sp³-hybridized carbons (Fsp3) is 0.438. The Balaban J connectivity index is 2.10. The van der Waals surface area contributed by atoms with E-state index in [0.717, 1.165) is 37.2 Å². The molecule has 5 heteroatoms. The fourth-order valence-corrected chi connectivity index (χ4v) is 2.58. The van der Waals surface area contributed by atoms with Crippen molar-refractivity contribution in [2.75, 3.05) is 6.54 Å². The molecule has 1 unspecified atom stereocenters. The van der Waals surface area contributed by atoms with E-state index in [-0.39, 0.29) is 11.9 Å². The number of rotatable bonds is 7. The van der Waals surface area contributed by atoms with Crippen LogP contribution in [0.15, 0.2) is 30.6 Å². The van der Waals surface area contributed by atoms with Crippen LogP contribution >= 0.6 is 11.6 Å². The van der Waals surface area contributed by atoms with E-state index in [1.54, 1.807) is 12.3 Å². The lowest BCUT2D eigenvalue weighted by Gasteiger charge is -2.19. The Kier molecular flexibility index (Phi) is 5.76. The molecule has 0 saturated heterocycles. The average Bonchev–Trinajstić information content (AvgIpc) is 2.84. The number of nitrogens with one attached hydrogen (secondary N) is 1. The zero-order valence-electron chi connectivity index (χ0n) is 12.4. The first-order valence-electron chi connectivity index (χ1n) is 7.23. The average molecular weight is 310 g/mol. The maximum absolute atomic E-state index is 13.1. The Bertz CT molecular complexity index is 583. The Morgan fingerprint density at radius 2 is 2.19 bits per heavy atom. The Morgan fingerprint density at radius 1 is 1.38 bits per heavy atom. The number of halogens is 2. The van der Waals surface area contributed by atoms with Crippen molar-refractivity contribution < 1.29 is 4.39 Å². The summed E-state index contributed by atoms with van der Waals surface area (Å²) >= 11 is 6.13. The molecule has 2 aromatic rings. The molecule has 0 saturated carbocycles. The Labute approximate surface area is 130 Å². The van der Waals surface area contributed by atoms with Crippen LogP contribution < -0.4 is 5.32 Å². The predicted molar refractivity (Wildman–Crippen MR) is 84.1 cm³/mol. The highest BCUT2D eigenvalue weighted by atomic mass is 35.5. The van der Waals surface area contributed by atoms with Crippen LogP contribution in [0.2, 0.25) is 5.02 Å². The number of hydrogen-bond donors (Lipinski definition) is 1. The van der Waals surface area contributed by atoms with Crippen molar-refractivity contribution >= 4 is 11.6 Å². The van der Waals surface area contributed by atoms with E-state index in [1.807, 2.05) is 17.8 Å². The molecule has 0 aliphatic rings. The largest absolute Gasteiger partial charge is 0.338 e. The molecular formula is C16H21ClFN3. The minimum atomic E-state index is -0.300. The molecule has 2 rings (SSSR count). The third-order valence-corrected chi connectivity index (χ3v) is 3.87. The minimum Gasteiger partial charge on any atom is -0.338 e. The molecule has 1 heterocycles. The Morgan fingerprint density at radius 3 is 2.81 bits per heavy atom. The first-order chi connectivity index (χ1) is 10.1. The van der Waals surface area contributed by atoms with Crippen LogP contribution in [0.25, 0.3) is 0 Å². The van der Waals surface area contributed by atoms with Crippen LogP contribution in [0.3, 0.4) is 0 Å².